The van der Waals surface area contributed by atoms with Crippen LogP contribution in [0.1, 0.15) is 5.56 Å². The third kappa shape index (κ3) is 1.21. The zero-order valence-electron chi connectivity index (χ0n) is 5.87. The summed E-state index contributed by atoms with van der Waals surface area (Å²) in [6.07, 6.45) is 1.81. The number of thiazole rings is 1. The number of carbonyl (C=O) groups excluding carboxylic acids is 1. The average Bonchev–Trinajstić information content (AvgIpc) is 2.43. The SMILES string of the molecule is O=[C]c1ccc2nc(Cl)sc2c1. The normalized spacial score (nSPS) is 10.4. The molecule has 1 aromatic heterocycles. The van der Waals surface area contributed by atoms with E-state index in [1.54, 1.807) is 18.2 Å². The first-order valence-electron chi connectivity index (χ1n) is 3.24. The molecule has 0 amide bonds. The number of hydrogen-bond donors (Lipinski definition) is 0. The lowest BCUT2D eigenvalue weighted by Gasteiger charge is -1.86. The Hall–Kier alpha value is -0.930. The monoisotopic (exact) mass is 196 g/mol. The molecule has 0 N–H and O–H groups in total. The molecule has 0 aliphatic rings. The van der Waals surface area contributed by atoms with Crippen LogP contribution in [0.15, 0.2) is 18.2 Å². The van der Waals surface area contributed by atoms with Crippen molar-refractivity contribution in [2.45, 2.75) is 0 Å². The van der Waals surface area contributed by atoms with Crippen LogP contribution in [-0.4, -0.2) is 11.3 Å². The van der Waals surface area contributed by atoms with Gasteiger partial charge in [0.05, 0.1) is 10.2 Å². The quantitative estimate of drug-likeness (QED) is 0.701. The van der Waals surface area contributed by atoms with Gasteiger partial charge in [-0.1, -0.05) is 11.6 Å². The maximum atomic E-state index is 10.3. The smallest absolute Gasteiger partial charge is 0.233 e. The number of benzene rings is 1. The molecule has 0 bridgehead atoms. The van der Waals surface area contributed by atoms with E-state index in [4.69, 9.17) is 11.6 Å². The molecule has 0 spiro atoms. The molecular formula is C8H3ClNOS. The number of hydrogen-bond acceptors (Lipinski definition) is 3. The first-order chi connectivity index (χ1) is 5.79. The van der Waals surface area contributed by atoms with E-state index in [-0.39, 0.29) is 0 Å². The molecule has 0 aliphatic heterocycles. The summed E-state index contributed by atoms with van der Waals surface area (Å²) in [7, 11) is 0. The van der Waals surface area contributed by atoms with Crippen LogP contribution in [0.2, 0.25) is 4.47 Å². The summed E-state index contributed by atoms with van der Waals surface area (Å²) in [5.41, 5.74) is 1.35. The fourth-order valence-corrected chi connectivity index (χ4v) is 2.03. The molecule has 2 rings (SSSR count). The minimum atomic E-state index is 0.494. The molecule has 59 valence electrons. The van der Waals surface area contributed by atoms with Crippen LogP contribution in [0.4, 0.5) is 0 Å². The average molecular weight is 197 g/mol. The van der Waals surface area contributed by atoms with E-state index in [9.17, 15) is 4.79 Å². The highest BCUT2D eigenvalue weighted by molar-refractivity contribution is 7.22. The van der Waals surface area contributed by atoms with Crippen LogP contribution in [0.5, 0.6) is 0 Å². The van der Waals surface area contributed by atoms with Crippen molar-refractivity contribution < 1.29 is 4.79 Å². The van der Waals surface area contributed by atoms with E-state index >= 15 is 0 Å². The first-order valence-corrected chi connectivity index (χ1v) is 4.43. The fraction of sp³-hybridized carbons (Fsp3) is 0. The Balaban J connectivity index is 2.74. The molecule has 0 saturated heterocycles. The van der Waals surface area contributed by atoms with Crippen LogP contribution < -0.4 is 0 Å². The number of aromatic nitrogens is 1. The van der Waals surface area contributed by atoms with E-state index in [1.807, 2.05) is 6.29 Å². The van der Waals surface area contributed by atoms with Crippen molar-refractivity contribution in [3.8, 4) is 0 Å². The lowest BCUT2D eigenvalue weighted by Crippen LogP contribution is -1.77. The molecule has 2 aromatic rings. The van der Waals surface area contributed by atoms with Gasteiger partial charge in [-0.15, -0.1) is 11.3 Å². The van der Waals surface area contributed by atoms with E-state index in [0.29, 0.717) is 10.0 Å². The van der Waals surface area contributed by atoms with Crippen LogP contribution >= 0.6 is 22.9 Å². The predicted molar refractivity (Wildman–Crippen MR) is 49.4 cm³/mol. The van der Waals surface area contributed by atoms with Gasteiger partial charge in [-0.3, -0.25) is 4.79 Å². The van der Waals surface area contributed by atoms with Gasteiger partial charge in [-0.25, -0.2) is 4.98 Å². The summed E-state index contributed by atoms with van der Waals surface area (Å²) >= 11 is 7.04. The Kier molecular flexibility index (Phi) is 1.83. The van der Waals surface area contributed by atoms with Gasteiger partial charge in [0.25, 0.3) is 0 Å². The lowest BCUT2D eigenvalue weighted by molar-refractivity contribution is 0.563. The number of halogens is 1. The second-order valence-electron chi connectivity index (χ2n) is 2.25. The molecule has 12 heavy (non-hydrogen) atoms. The van der Waals surface area contributed by atoms with Gasteiger partial charge in [0, 0.05) is 5.56 Å². The van der Waals surface area contributed by atoms with Gasteiger partial charge in [-0.05, 0) is 18.2 Å². The Morgan fingerprint density at radius 1 is 1.50 bits per heavy atom. The highest BCUT2D eigenvalue weighted by atomic mass is 35.5. The van der Waals surface area contributed by atoms with Gasteiger partial charge >= 0.3 is 0 Å². The zero-order valence-corrected chi connectivity index (χ0v) is 7.45. The Bertz CT molecular complexity index is 438. The van der Waals surface area contributed by atoms with Gasteiger partial charge in [0.15, 0.2) is 4.47 Å². The van der Waals surface area contributed by atoms with Gasteiger partial charge < -0.3 is 0 Å². The highest BCUT2D eigenvalue weighted by Gasteiger charge is 2.01. The molecule has 0 unspecified atom stereocenters. The molecule has 4 heteroatoms. The third-order valence-corrected chi connectivity index (χ3v) is 2.60. The number of rotatable bonds is 1. The van der Waals surface area contributed by atoms with Gasteiger partial charge in [-0.2, -0.15) is 0 Å². The van der Waals surface area contributed by atoms with E-state index in [1.165, 1.54) is 11.3 Å². The maximum Gasteiger partial charge on any atom is 0.233 e. The van der Waals surface area contributed by atoms with Crippen molar-refractivity contribution in [3.05, 3.63) is 28.2 Å². The molecule has 0 fully saturated rings. The van der Waals surface area contributed by atoms with Crippen molar-refractivity contribution in [1.82, 2.24) is 4.98 Å². The Morgan fingerprint density at radius 3 is 3.08 bits per heavy atom. The zero-order chi connectivity index (χ0) is 8.55. The Labute approximate surface area is 77.8 Å². The highest BCUT2D eigenvalue weighted by Crippen LogP contribution is 2.25. The topological polar surface area (TPSA) is 30.0 Å². The van der Waals surface area contributed by atoms with Crippen LogP contribution in [0.25, 0.3) is 10.2 Å². The number of fused-ring (bicyclic) bond motifs is 1. The van der Waals surface area contributed by atoms with Crippen molar-refractivity contribution in [2.75, 3.05) is 0 Å². The summed E-state index contributed by atoms with van der Waals surface area (Å²) < 4.78 is 1.41. The van der Waals surface area contributed by atoms with Crippen molar-refractivity contribution >= 4 is 39.4 Å². The largest absolute Gasteiger partial charge is 0.285 e. The predicted octanol–water partition coefficient (Wildman–Crippen LogP) is 2.41. The maximum absolute atomic E-state index is 10.3. The van der Waals surface area contributed by atoms with Crippen LogP contribution in [0.3, 0.4) is 0 Å². The van der Waals surface area contributed by atoms with Crippen LogP contribution in [0, 0.1) is 0 Å². The second kappa shape index (κ2) is 2.84. The van der Waals surface area contributed by atoms with E-state index in [0.717, 1.165) is 10.2 Å². The van der Waals surface area contributed by atoms with Crippen molar-refractivity contribution in [3.63, 3.8) is 0 Å². The first kappa shape index (κ1) is 7.71. The molecule has 0 atom stereocenters. The molecule has 2 nitrogen and oxygen atoms in total. The van der Waals surface area contributed by atoms with Crippen molar-refractivity contribution in [1.29, 1.82) is 0 Å². The number of nitrogens with zero attached hydrogens (tertiary/aromatic N) is 1. The third-order valence-electron chi connectivity index (χ3n) is 1.48. The summed E-state index contributed by atoms with van der Waals surface area (Å²) in [5.74, 6) is 0. The van der Waals surface area contributed by atoms with E-state index < -0.39 is 0 Å². The van der Waals surface area contributed by atoms with Gasteiger partial charge in [0.1, 0.15) is 0 Å². The standard InChI is InChI=1S/C8H3ClNOS/c9-8-10-6-2-1-5(4-11)3-7(6)12-8/h1-3H. The molecule has 0 aliphatic carbocycles. The summed E-state index contributed by atoms with van der Waals surface area (Å²) in [6.45, 7) is 0. The molecule has 0 saturated carbocycles. The van der Waals surface area contributed by atoms with Crippen molar-refractivity contribution in [2.24, 2.45) is 0 Å². The summed E-state index contributed by atoms with van der Waals surface area (Å²) in [5, 5.41) is 0. The summed E-state index contributed by atoms with van der Waals surface area (Å²) in [6, 6.07) is 5.16. The fourth-order valence-electron chi connectivity index (χ4n) is 0.960. The second-order valence-corrected chi connectivity index (χ2v) is 3.86. The summed E-state index contributed by atoms with van der Waals surface area (Å²) in [4.78, 5) is 14.3. The molecule has 1 heterocycles. The lowest BCUT2D eigenvalue weighted by atomic mass is 10.2. The van der Waals surface area contributed by atoms with Gasteiger partial charge in [0.2, 0.25) is 6.29 Å². The minimum Gasteiger partial charge on any atom is -0.285 e. The molecule has 1 aromatic carbocycles. The van der Waals surface area contributed by atoms with Crippen LogP contribution in [-0.2, 0) is 4.79 Å². The molecule has 1 radical (unpaired) electrons. The Morgan fingerprint density at radius 2 is 2.33 bits per heavy atom. The van der Waals surface area contributed by atoms with E-state index in [2.05, 4.69) is 4.98 Å². The molecular weight excluding hydrogens is 194 g/mol. The minimum absolute atomic E-state index is 0.494.